The number of thioether (sulfide) groups is 1. The zero-order valence-electron chi connectivity index (χ0n) is 8.82. The van der Waals surface area contributed by atoms with Gasteiger partial charge in [-0.3, -0.25) is 4.79 Å². The third kappa shape index (κ3) is 2.98. The Balaban J connectivity index is 1.82. The highest BCUT2D eigenvalue weighted by atomic mass is 32.2. The fourth-order valence-corrected chi connectivity index (χ4v) is 2.75. The first-order valence-electron chi connectivity index (χ1n) is 5.28. The van der Waals surface area contributed by atoms with Crippen molar-refractivity contribution in [2.24, 2.45) is 0 Å². The molecule has 0 aliphatic carbocycles. The Hall–Kier alpha value is -1.03. The van der Waals surface area contributed by atoms with Gasteiger partial charge in [-0.15, -0.1) is 11.8 Å². The van der Waals surface area contributed by atoms with E-state index in [1.165, 1.54) is 12.1 Å². The van der Waals surface area contributed by atoms with Gasteiger partial charge in [0.1, 0.15) is 17.7 Å². The van der Waals surface area contributed by atoms with Crippen LogP contribution in [0.2, 0.25) is 0 Å². The molecule has 0 radical (unpaired) electrons. The molecule has 0 aromatic heterocycles. The number of ether oxygens (including phenoxy) is 1. The summed E-state index contributed by atoms with van der Waals surface area (Å²) in [7, 11) is 0. The first-order valence-corrected chi connectivity index (χ1v) is 6.33. The van der Waals surface area contributed by atoms with Crippen molar-refractivity contribution in [3.05, 3.63) is 35.6 Å². The quantitative estimate of drug-likeness (QED) is 0.760. The fourth-order valence-electron chi connectivity index (χ4n) is 1.59. The van der Waals surface area contributed by atoms with Crippen molar-refractivity contribution in [1.29, 1.82) is 0 Å². The molecule has 1 fully saturated rings. The lowest BCUT2D eigenvalue weighted by atomic mass is 10.2. The highest BCUT2D eigenvalue weighted by Crippen LogP contribution is 2.27. The van der Waals surface area contributed by atoms with Crippen molar-refractivity contribution < 1.29 is 13.9 Å². The second-order valence-electron chi connectivity index (χ2n) is 3.74. The Morgan fingerprint density at radius 2 is 2.19 bits per heavy atom. The van der Waals surface area contributed by atoms with E-state index in [-0.39, 0.29) is 23.6 Å². The van der Waals surface area contributed by atoms with Crippen molar-refractivity contribution in [3.63, 3.8) is 0 Å². The SMILES string of the molecule is O=C(OCc1ccc(F)cc1)C1CCCS1. The van der Waals surface area contributed by atoms with Crippen LogP contribution >= 0.6 is 11.8 Å². The summed E-state index contributed by atoms with van der Waals surface area (Å²) < 4.78 is 17.8. The molecule has 1 saturated heterocycles. The second-order valence-corrected chi connectivity index (χ2v) is 5.05. The Labute approximate surface area is 98.2 Å². The van der Waals surface area contributed by atoms with E-state index in [1.54, 1.807) is 23.9 Å². The van der Waals surface area contributed by atoms with E-state index in [4.69, 9.17) is 4.74 Å². The Kier molecular flexibility index (Phi) is 3.83. The van der Waals surface area contributed by atoms with Crippen LogP contribution < -0.4 is 0 Å². The molecule has 4 heteroatoms. The first-order chi connectivity index (χ1) is 7.75. The van der Waals surface area contributed by atoms with Crippen LogP contribution in [-0.4, -0.2) is 17.0 Å². The monoisotopic (exact) mass is 240 g/mol. The minimum atomic E-state index is -0.276. The molecule has 2 rings (SSSR count). The van der Waals surface area contributed by atoms with Gasteiger partial charge >= 0.3 is 5.97 Å². The van der Waals surface area contributed by atoms with Crippen molar-refractivity contribution in [1.82, 2.24) is 0 Å². The van der Waals surface area contributed by atoms with Crippen LogP contribution in [0.1, 0.15) is 18.4 Å². The van der Waals surface area contributed by atoms with Crippen LogP contribution in [0.15, 0.2) is 24.3 Å². The number of esters is 1. The summed E-state index contributed by atoms with van der Waals surface area (Å²) in [5.74, 6) is 0.615. The summed E-state index contributed by atoms with van der Waals surface area (Å²) in [6.07, 6.45) is 1.99. The molecule has 16 heavy (non-hydrogen) atoms. The van der Waals surface area contributed by atoms with E-state index in [2.05, 4.69) is 0 Å². The van der Waals surface area contributed by atoms with E-state index in [0.29, 0.717) is 0 Å². The third-order valence-electron chi connectivity index (χ3n) is 2.49. The van der Waals surface area contributed by atoms with Crippen LogP contribution in [0.4, 0.5) is 4.39 Å². The van der Waals surface area contributed by atoms with Gasteiger partial charge in [0.25, 0.3) is 0 Å². The normalized spacial score (nSPS) is 19.7. The molecular weight excluding hydrogens is 227 g/mol. The highest BCUT2D eigenvalue weighted by Gasteiger charge is 2.24. The predicted octanol–water partition coefficient (Wildman–Crippen LogP) is 2.76. The van der Waals surface area contributed by atoms with Gasteiger partial charge in [0.15, 0.2) is 0 Å². The number of carbonyl (C=O) groups excluding carboxylic acids is 1. The largest absolute Gasteiger partial charge is 0.460 e. The molecular formula is C12H13FO2S. The average Bonchev–Trinajstić information content (AvgIpc) is 2.81. The molecule has 0 spiro atoms. The lowest BCUT2D eigenvalue weighted by Gasteiger charge is -2.08. The van der Waals surface area contributed by atoms with E-state index < -0.39 is 0 Å². The highest BCUT2D eigenvalue weighted by molar-refractivity contribution is 8.00. The van der Waals surface area contributed by atoms with Crippen molar-refractivity contribution in [3.8, 4) is 0 Å². The van der Waals surface area contributed by atoms with Gasteiger partial charge in [-0.2, -0.15) is 0 Å². The van der Waals surface area contributed by atoms with Crippen LogP contribution in [0, 0.1) is 5.82 Å². The van der Waals surface area contributed by atoms with Crippen LogP contribution in [0.3, 0.4) is 0 Å². The Bertz CT molecular complexity index is 358. The average molecular weight is 240 g/mol. The van der Waals surface area contributed by atoms with Crippen molar-refractivity contribution in [2.45, 2.75) is 24.7 Å². The van der Waals surface area contributed by atoms with E-state index in [9.17, 15) is 9.18 Å². The van der Waals surface area contributed by atoms with Gasteiger partial charge in [-0.1, -0.05) is 12.1 Å². The van der Waals surface area contributed by atoms with Gasteiger partial charge in [0.05, 0.1) is 0 Å². The molecule has 0 amide bonds. The summed E-state index contributed by atoms with van der Waals surface area (Å²) in [6.45, 7) is 0.232. The van der Waals surface area contributed by atoms with Gasteiger partial charge in [-0.25, -0.2) is 4.39 Å². The van der Waals surface area contributed by atoms with E-state index >= 15 is 0 Å². The van der Waals surface area contributed by atoms with Crippen LogP contribution in [-0.2, 0) is 16.1 Å². The zero-order chi connectivity index (χ0) is 11.4. The number of hydrogen-bond acceptors (Lipinski definition) is 3. The minimum absolute atomic E-state index is 0.000415. The Morgan fingerprint density at radius 3 is 2.81 bits per heavy atom. The van der Waals surface area contributed by atoms with Crippen molar-refractivity contribution in [2.75, 3.05) is 5.75 Å². The van der Waals surface area contributed by atoms with Crippen LogP contribution in [0.5, 0.6) is 0 Å². The number of hydrogen-bond donors (Lipinski definition) is 0. The summed E-state index contributed by atoms with van der Waals surface area (Å²) in [6, 6.07) is 6.00. The first kappa shape index (κ1) is 11.5. The topological polar surface area (TPSA) is 26.3 Å². The molecule has 0 bridgehead atoms. The number of rotatable bonds is 3. The third-order valence-corrected chi connectivity index (χ3v) is 3.84. The molecule has 1 atom stereocenters. The summed E-state index contributed by atoms with van der Waals surface area (Å²) in [5, 5.41) is 0.000415. The van der Waals surface area contributed by atoms with Crippen molar-refractivity contribution >= 4 is 17.7 Å². The smallest absolute Gasteiger partial charge is 0.319 e. The minimum Gasteiger partial charge on any atom is -0.460 e. The maximum atomic E-state index is 12.6. The van der Waals surface area contributed by atoms with E-state index in [0.717, 1.165) is 24.2 Å². The number of benzene rings is 1. The van der Waals surface area contributed by atoms with Gasteiger partial charge in [0, 0.05) is 0 Å². The molecule has 2 nitrogen and oxygen atoms in total. The molecule has 1 aliphatic rings. The summed E-state index contributed by atoms with van der Waals surface area (Å²) >= 11 is 1.65. The molecule has 1 unspecified atom stereocenters. The van der Waals surface area contributed by atoms with Gasteiger partial charge < -0.3 is 4.74 Å². The molecule has 86 valence electrons. The maximum Gasteiger partial charge on any atom is 0.319 e. The standard InChI is InChI=1S/C12H13FO2S/c13-10-5-3-9(4-6-10)8-15-12(14)11-2-1-7-16-11/h3-6,11H,1-2,7-8H2. The summed E-state index contributed by atoms with van der Waals surface area (Å²) in [4.78, 5) is 11.6. The molecule has 1 aromatic carbocycles. The summed E-state index contributed by atoms with van der Waals surface area (Å²) in [5.41, 5.74) is 0.817. The van der Waals surface area contributed by atoms with Gasteiger partial charge in [0.2, 0.25) is 0 Å². The maximum absolute atomic E-state index is 12.6. The molecule has 1 aliphatic heterocycles. The molecule has 1 aromatic rings. The fraction of sp³-hybridized carbons (Fsp3) is 0.417. The second kappa shape index (κ2) is 5.34. The van der Waals surface area contributed by atoms with Crippen LogP contribution in [0.25, 0.3) is 0 Å². The lowest BCUT2D eigenvalue weighted by molar-refractivity contribution is -0.144. The lowest BCUT2D eigenvalue weighted by Crippen LogP contribution is -2.17. The Morgan fingerprint density at radius 1 is 1.44 bits per heavy atom. The molecule has 0 saturated carbocycles. The molecule has 0 N–H and O–H groups in total. The number of carbonyl (C=O) groups is 1. The van der Waals surface area contributed by atoms with E-state index in [1.807, 2.05) is 0 Å². The van der Waals surface area contributed by atoms with Gasteiger partial charge in [-0.05, 0) is 36.3 Å². The zero-order valence-corrected chi connectivity index (χ0v) is 9.63. The molecule has 1 heterocycles. The number of halogens is 1. The predicted molar refractivity (Wildman–Crippen MR) is 61.7 cm³/mol.